The van der Waals surface area contributed by atoms with Crippen molar-refractivity contribution in [3.63, 3.8) is 0 Å². The standard InChI is InChI=1S/C19H25NO/c1-3-12-20-14-18(17-8-4-15(2)5-9-17)13-16-6-10-19(21)11-7-16/h4-11,18,20-21H,3,12-14H2,1-2H3. The Bertz CT molecular complexity index is 530. The summed E-state index contributed by atoms with van der Waals surface area (Å²) < 4.78 is 0. The zero-order chi connectivity index (χ0) is 15.1. The molecule has 112 valence electrons. The topological polar surface area (TPSA) is 32.3 Å². The molecule has 0 spiro atoms. The minimum Gasteiger partial charge on any atom is -0.508 e. The Kier molecular flexibility index (Phi) is 5.82. The van der Waals surface area contributed by atoms with Crippen LogP contribution >= 0.6 is 0 Å². The summed E-state index contributed by atoms with van der Waals surface area (Å²) in [6.07, 6.45) is 2.14. The predicted octanol–water partition coefficient (Wildman–Crippen LogP) is 4.03. The second-order valence-electron chi connectivity index (χ2n) is 5.68. The van der Waals surface area contributed by atoms with Crippen molar-refractivity contribution in [1.82, 2.24) is 5.32 Å². The third kappa shape index (κ3) is 4.91. The molecule has 2 aromatic carbocycles. The van der Waals surface area contributed by atoms with Crippen molar-refractivity contribution in [3.8, 4) is 5.75 Å². The Hall–Kier alpha value is -1.80. The van der Waals surface area contributed by atoms with E-state index in [1.165, 1.54) is 16.7 Å². The molecule has 1 unspecified atom stereocenters. The van der Waals surface area contributed by atoms with E-state index in [-0.39, 0.29) is 0 Å². The molecule has 0 radical (unpaired) electrons. The van der Waals surface area contributed by atoms with Gasteiger partial charge >= 0.3 is 0 Å². The van der Waals surface area contributed by atoms with Crippen LogP contribution in [0.15, 0.2) is 48.5 Å². The normalized spacial score (nSPS) is 12.3. The monoisotopic (exact) mass is 283 g/mol. The van der Waals surface area contributed by atoms with Gasteiger partial charge in [0, 0.05) is 12.5 Å². The van der Waals surface area contributed by atoms with Gasteiger partial charge in [-0.2, -0.15) is 0 Å². The van der Waals surface area contributed by atoms with E-state index in [1.807, 2.05) is 12.1 Å². The minimum atomic E-state index is 0.328. The molecule has 0 heterocycles. The van der Waals surface area contributed by atoms with Gasteiger partial charge in [0.2, 0.25) is 0 Å². The smallest absolute Gasteiger partial charge is 0.115 e. The van der Waals surface area contributed by atoms with Gasteiger partial charge in [-0.25, -0.2) is 0 Å². The first kappa shape index (κ1) is 15.6. The van der Waals surface area contributed by atoms with E-state index in [0.717, 1.165) is 25.9 Å². The van der Waals surface area contributed by atoms with E-state index in [1.54, 1.807) is 12.1 Å². The molecule has 1 atom stereocenters. The number of rotatable bonds is 7. The molecule has 0 aliphatic heterocycles. The van der Waals surface area contributed by atoms with Gasteiger partial charge in [0.05, 0.1) is 0 Å². The Labute approximate surface area is 127 Å². The summed E-state index contributed by atoms with van der Waals surface area (Å²) in [5.74, 6) is 0.788. The van der Waals surface area contributed by atoms with E-state index in [9.17, 15) is 5.11 Å². The SMILES string of the molecule is CCCNCC(Cc1ccc(O)cc1)c1ccc(C)cc1. The predicted molar refractivity (Wildman–Crippen MR) is 88.9 cm³/mol. The average molecular weight is 283 g/mol. The Morgan fingerprint density at radius 1 is 1.00 bits per heavy atom. The summed E-state index contributed by atoms with van der Waals surface area (Å²) in [4.78, 5) is 0. The minimum absolute atomic E-state index is 0.328. The van der Waals surface area contributed by atoms with E-state index in [2.05, 4.69) is 43.4 Å². The highest BCUT2D eigenvalue weighted by molar-refractivity contribution is 5.30. The van der Waals surface area contributed by atoms with Crippen molar-refractivity contribution in [1.29, 1.82) is 0 Å². The number of aryl methyl sites for hydroxylation is 1. The molecule has 2 nitrogen and oxygen atoms in total. The third-order valence-corrected chi connectivity index (χ3v) is 3.78. The maximum absolute atomic E-state index is 9.40. The lowest BCUT2D eigenvalue weighted by atomic mass is 9.91. The van der Waals surface area contributed by atoms with Gasteiger partial charge in [0.25, 0.3) is 0 Å². The second-order valence-corrected chi connectivity index (χ2v) is 5.68. The summed E-state index contributed by atoms with van der Waals surface area (Å²) in [5.41, 5.74) is 3.93. The number of nitrogens with one attached hydrogen (secondary N) is 1. The van der Waals surface area contributed by atoms with Gasteiger partial charge in [-0.05, 0) is 49.6 Å². The molecule has 2 heteroatoms. The molecule has 0 saturated heterocycles. The molecule has 0 aromatic heterocycles. The van der Waals surface area contributed by atoms with Gasteiger partial charge in [0.15, 0.2) is 0 Å². The van der Waals surface area contributed by atoms with Gasteiger partial charge in [-0.3, -0.25) is 0 Å². The number of benzene rings is 2. The first-order valence-electron chi connectivity index (χ1n) is 7.74. The number of phenols is 1. The molecule has 0 saturated carbocycles. The van der Waals surface area contributed by atoms with Gasteiger partial charge in [0.1, 0.15) is 5.75 Å². The van der Waals surface area contributed by atoms with Crippen molar-refractivity contribution in [2.45, 2.75) is 32.6 Å². The maximum Gasteiger partial charge on any atom is 0.115 e. The largest absolute Gasteiger partial charge is 0.508 e. The first-order valence-corrected chi connectivity index (χ1v) is 7.74. The fourth-order valence-corrected chi connectivity index (χ4v) is 2.52. The van der Waals surface area contributed by atoms with Crippen LogP contribution in [0.2, 0.25) is 0 Å². The molecule has 21 heavy (non-hydrogen) atoms. The summed E-state index contributed by atoms with van der Waals surface area (Å²) in [7, 11) is 0. The van der Waals surface area contributed by atoms with E-state index in [4.69, 9.17) is 0 Å². The molecule has 0 aliphatic rings. The highest BCUT2D eigenvalue weighted by atomic mass is 16.3. The van der Waals surface area contributed by atoms with Crippen molar-refractivity contribution in [2.24, 2.45) is 0 Å². The lowest BCUT2D eigenvalue weighted by Gasteiger charge is -2.18. The molecule has 2 aromatic rings. The molecule has 0 bridgehead atoms. The van der Waals surface area contributed by atoms with Crippen LogP contribution in [0.25, 0.3) is 0 Å². The number of phenolic OH excluding ortho intramolecular Hbond substituents is 1. The zero-order valence-corrected chi connectivity index (χ0v) is 13.0. The summed E-state index contributed by atoms with van der Waals surface area (Å²) in [6.45, 7) is 6.34. The van der Waals surface area contributed by atoms with Crippen LogP contribution in [0.3, 0.4) is 0 Å². The van der Waals surface area contributed by atoms with E-state index < -0.39 is 0 Å². The van der Waals surface area contributed by atoms with Crippen LogP contribution in [0, 0.1) is 6.92 Å². The van der Waals surface area contributed by atoms with Crippen LogP contribution in [0.5, 0.6) is 5.75 Å². The molecule has 0 fully saturated rings. The average Bonchev–Trinajstić information content (AvgIpc) is 2.49. The van der Waals surface area contributed by atoms with E-state index >= 15 is 0 Å². The summed E-state index contributed by atoms with van der Waals surface area (Å²) in [5, 5.41) is 12.9. The number of aromatic hydroxyl groups is 1. The van der Waals surface area contributed by atoms with Crippen molar-refractivity contribution < 1.29 is 5.11 Å². The molecule has 0 amide bonds. The fourth-order valence-electron chi connectivity index (χ4n) is 2.52. The number of hydrogen-bond acceptors (Lipinski definition) is 2. The third-order valence-electron chi connectivity index (χ3n) is 3.78. The van der Waals surface area contributed by atoms with Gasteiger partial charge in [-0.15, -0.1) is 0 Å². The highest BCUT2D eigenvalue weighted by Gasteiger charge is 2.12. The molecular weight excluding hydrogens is 258 g/mol. The summed E-state index contributed by atoms with van der Waals surface area (Å²) >= 11 is 0. The molecule has 2 N–H and O–H groups in total. The van der Waals surface area contributed by atoms with Crippen LogP contribution < -0.4 is 5.32 Å². The lowest BCUT2D eigenvalue weighted by Crippen LogP contribution is -2.23. The Morgan fingerprint density at radius 2 is 1.67 bits per heavy atom. The van der Waals surface area contributed by atoms with E-state index in [0.29, 0.717) is 11.7 Å². The lowest BCUT2D eigenvalue weighted by molar-refractivity contribution is 0.475. The van der Waals surface area contributed by atoms with Gasteiger partial charge in [-0.1, -0.05) is 48.9 Å². The van der Waals surface area contributed by atoms with Crippen molar-refractivity contribution >= 4 is 0 Å². The van der Waals surface area contributed by atoms with Crippen molar-refractivity contribution in [2.75, 3.05) is 13.1 Å². The van der Waals surface area contributed by atoms with Crippen LogP contribution in [-0.2, 0) is 6.42 Å². The Morgan fingerprint density at radius 3 is 2.29 bits per heavy atom. The number of hydrogen-bond donors (Lipinski definition) is 2. The summed E-state index contributed by atoms with van der Waals surface area (Å²) in [6, 6.07) is 16.4. The zero-order valence-electron chi connectivity index (χ0n) is 13.0. The van der Waals surface area contributed by atoms with Crippen LogP contribution in [-0.4, -0.2) is 18.2 Å². The highest BCUT2D eigenvalue weighted by Crippen LogP contribution is 2.22. The maximum atomic E-state index is 9.40. The Balaban J connectivity index is 2.11. The second kappa shape index (κ2) is 7.84. The fraction of sp³-hybridized carbons (Fsp3) is 0.368. The van der Waals surface area contributed by atoms with Crippen molar-refractivity contribution in [3.05, 3.63) is 65.2 Å². The first-order chi connectivity index (χ1) is 10.2. The molecular formula is C19H25NO. The van der Waals surface area contributed by atoms with Crippen LogP contribution in [0.1, 0.15) is 36.0 Å². The molecule has 2 rings (SSSR count). The quantitative estimate of drug-likeness (QED) is 0.752. The molecule has 0 aliphatic carbocycles. The van der Waals surface area contributed by atoms with Crippen LogP contribution in [0.4, 0.5) is 0 Å². The van der Waals surface area contributed by atoms with Gasteiger partial charge < -0.3 is 10.4 Å².